The lowest BCUT2D eigenvalue weighted by Gasteiger charge is -2.25. The second-order valence-corrected chi connectivity index (χ2v) is 6.21. The molecule has 2 heterocycles. The minimum atomic E-state index is 0.0343. The van der Waals surface area contributed by atoms with Crippen LogP contribution in [-0.2, 0) is 4.74 Å². The van der Waals surface area contributed by atoms with Crippen molar-refractivity contribution in [2.75, 3.05) is 29.6 Å². The number of rotatable bonds is 3. The van der Waals surface area contributed by atoms with Crippen molar-refractivity contribution in [1.82, 2.24) is 0 Å². The van der Waals surface area contributed by atoms with Gasteiger partial charge in [0, 0.05) is 11.1 Å². The van der Waals surface area contributed by atoms with Gasteiger partial charge in [0.05, 0.1) is 31.2 Å². The monoisotopic (exact) mass is 266 g/mol. The van der Waals surface area contributed by atoms with E-state index in [1.54, 1.807) is 0 Å². The number of anilines is 2. The van der Waals surface area contributed by atoms with Crippen molar-refractivity contribution < 1.29 is 4.74 Å². The molecule has 2 aliphatic rings. The van der Waals surface area contributed by atoms with Crippen LogP contribution in [0.2, 0.25) is 5.02 Å². The molecule has 1 atom stereocenters. The van der Waals surface area contributed by atoms with E-state index in [9.17, 15) is 0 Å². The van der Waals surface area contributed by atoms with Gasteiger partial charge in [-0.15, -0.1) is 0 Å². The first-order chi connectivity index (χ1) is 8.48. The summed E-state index contributed by atoms with van der Waals surface area (Å²) in [6, 6.07) is 6.63. The smallest absolute Gasteiger partial charge is 0.106 e. The Hall–Kier alpha value is -0.930. The van der Waals surface area contributed by atoms with E-state index >= 15 is 0 Å². The summed E-state index contributed by atoms with van der Waals surface area (Å²) >= 11 is 6.13. The summed E-state index contributed by atoms with van der Waals surface area (Å²) in [5.74, 6) is 0. The number of halogens is 1. The minimum absolute atomic E-state index is 0.0343. The molecule has 0 radical (unpaired) electrons. The first kappa shape index (κ1) is 12.1. The number of benzene rings is 1. The Bertz CT molecular complexity index is 471. The maximum atomic E-state index is 6.13. The van der Waals surface area contributed by atoms with Gasteiger partial charge in [0.25, 0.3) is 0 Å². The Labute approximate surface area is 113 Å². The van der Waals surface area contributed by atoms with Crippen molar-refractivity contribution in [3.63, 3.8) is 0 Å². The van der Waals surface area contributed by atoms with Crippen LogP contribution in [0.15, 0.2) is 18.2 Å². The number of epoxide rings is 1. The fourth-order valence-electron chi connectivity index (χ4n) is 2.52. The molecule has 0 amide bonds. The van der Waals surface area contributed by atoms with Crippen molar-refractivity contribution >= 4 is 23.0 Å². The van der Waals surface area contributed by atoms with E-state index in [1.165, 1.54) is 11.4 Å². The number of hydrogen-bond donors (Lipinski definition) is 0. The van der Waals surface area contributed by atoms with E-state index in [0.29, 0.717) is 6.04 Å². The van der Waals surface area contributed by atoms with Crippen LogP contribution in [0.5, 0.6) is 0 Å². The molecule has 1 unspecified atom stereocenters. The number of fused-ring (bicyclic) bond motifs is 1. The van der Waals surface area contributed by atoms with Gasteiger partial charge in [-0.2, -0.15) is 0 Å². The Kier molecular flexibility index (Phi) is 2.72. The van der Waals surface area contributed by atoms with Crippen LogP contribution >= 0.6 is 11.6 Å². The van der Waals surface area contributed by atoms with Gasteiger partial charge in [-0.3, -0.25) is 0 Å². The fraction of sp³-hybridized carbons (Fsp3) is 0.571. The zero-order valence-electron chi connectivity index (χ0n) is 11.1. The van der Waals surface area contributed by atoms with Gasteiger partial charge in [-0.1, -0.05) is 11.6 Å². The number of hydrogen-bond acceptors (Lipinski definition) is 3. The molecule has 1 fully saturated rings. The largest absolute Gasteiger partial charge is 0.368 e. The molecule has 0 N–H and O–H groups in total. The van der Waals surface area contributed by atoms with Crippen LogP contribution in [0.3, 0.4) is 0 Å². The molecule has 1 aromatic rings. The van der Waals surface area contributed by atoms with E-state index < -0.39 is 0 Å². The van der Waals surface area contributed by atoms with Crippen LogP contribution in [0.4, 0.5) is 11.4 Å². The zero-order chi connectivity index (χ0) is 12.9. The van der Waals surface area contributed by atoms with E-state index in [4.69, 9.17) is 16.3 Å². The number of ether oxygens (including phenoxy) is 1. The summed E-state index contributed by atoms with van der Waals surface area (Å²) in [6.45, 7) is 9.32. The lowest BCUT2D eigenvalue weighted by Crippen LogP contribution is -2.39. The summed E-state index contributed by atoms with van der Waals surface area (Å²) < 4.78 is 5.51. The quantitative estimate of drug-likeness (QED) is 0.784. The standard InChI is InChI=1S/C14H19ClN2O/c1-10(2)17-9-16(7-14(3)8-18-14)13-6-11(15)4-5-12(13)17/h4-6,10H,7-9H2,1-3H3. The molecule has 4 heteroatoms. The minimum Gasteiger partial charge on any atom is -0.368 e. The molecule has 0 bridgehead atoms. The Morgan fingerprint density at radius 3 is 2.72 bits per heavy atom. The van der Waals surface area contributed by atoms with Crippen molar-refractivity contribution in [3.05, 3.63) is 23.2 Å². The molecule has 3 rings (SSSR count). The highest BCUT2D eigenvalue weighted by atomic mass is 35.5. The third kappa shape index (κ3) is 2.06. The summed E-state index contributed by atoms with van der Waals surface area (Å²) in [7, 11) is 0. The number of nitrogens with zero attached hydrogens (tertiary/aromatic N) is 2. The molecular formula is C14H19ClN2O. The normalized spacial score (nSPS) is 25.8. The van der Waals surface area contributed by atoms with Gasteiger partial charge in [-0.05, 0) is 39.0 Å². The first-order valence-corrected chi connectivity index (χ1v) is 6.81. The molecule has 0 saturated carbocycles. The molecule has 0 aromatic heterocycles. The van der Waals surface area contributed by atoms with Crippen LogP contribution in [0.25, 0.3) is 0 Å². The molecule has 0 aliphatic carbocycles. The lowest BCUT2D eigenvalue weighted by molar-refractivity contribution is 0.325. The Morgan fingerprint density at radius 1 is 1.39 bits per heavy atom. The van der Waals surface area contributed by atoms with Crippen LogP contribution < -0.4 is 9.80 Å². The van der Waals surface area contributed by atoms with Crippen LogP contribution in [0, 0.1) is 0 Å². The molecule has 1 aromatic carbocycles. The predicted molar refractivity (Wildman–Crippen MR) is 75.6 cm³/mol. The summed E-state index contributed by atoms with van der Waals surface area (Å²) in [4.78, 5) is 4.77. The summed E-state index contributed by atoms with van der Waals surface area (Å²) in [5, 5.41) is 0.797. The van der Waals surface area contributed by atoms with E-state index in [1.807, 2.05) is 6.07 Å². The lowest BCUT2D eigenvalue weighted by atomic mass is 10.2. The SMILES string of the molecule is CC(C)N1CN(CC2(C)CO2)c2cc(Cl)ccc21. The molecule has 2 aliphatic heterocycles. The molecule has 98 valence electrons. The summed E-state index contributed by atoms with van der Waals surface area (Å²) in [5.41, 5.74) is 2.54. The van der Waals surface area contributed by atoms with E-state index in [-0.39, 0.29) is 5.60 Å². The van der Waals surface area contributed by atoms with E-state index in [2.05, 4.69) is 42.7 Å². The van der Waals surface area contributed by atoms with Crippen molar-refractivity contribution in [2.24, 2.45) is 0 Å². The Morgan fingerprint density at radius 2 is 2.11 bits per heavy atom. The molecule has 18 heavy (non-hydrogen) atoms. The molecular weight excluding hydrogens is 248 g/mol. The maximum absolute atomic E-state index is 6.13. The predicted octanol–water partition coefficient (Wildman–Crippen LogP) is 3.12. The second-order valence-electron chi connectivity index (χ2n) is 5.77. The highest BCUT2D eigenvalue weighted by Gasteiger charge is 2.43. The van der Waals surface area contributed by atoms with Gasteiger partial charge in [0.2, 0.25) is 0 Å². The van der Waals surface area contributed by atoms with Crippen LogP contribution in [0.1, 0.15) is 20.8 Å². The van der Waals surface area contributed by atoms with E-state index in [0.717, 1.165) is 24.8 Å². The van der Waals surface area contributed by atoms with Gasteiger partial charge < -0.3 is 14.5 Å². The highest BCUT2D eigenvalue weighted by Crippen LogP contribution is 2.41. The first-order valence-electron chi connectivity index (χ1n) is 6.44. The van der Waals surface area contributed by atoms with Gasteiger partial charge in [-0.25, -0.2) is 0 Å². The average Bonchev–Trinajstić information content (AvgIpc) is 2.92. The molecule has 0 spiro atoms. The fourth-order valence-corrected chi connectivity index (χ4v) is 2.69. The zero-order valence-corrected chi connectivity index (χ0v) is 11.9. The Balaban J connectivity index is 1.92. The molecule has 3 nitrogen and oxygen atoms in total. The van der Waals surface area contributed by atoms with Crippen molar-refractivity contribution in [1.29, 1.82) is 0 Å². The third-order valence-corrected chi connectivity index (χ3v) is 3.93. The van der Waals surface area contributed by atoms with Crippen molar-refractivity contribution in [2.45, 2.75) is 32.4 Å². The molecule has 1 saturated heterocycles. The van der Waals surface area contributed by atoms with Crippen LogP contribution in [-0.4, -0.2) is 31.5 Å². The van der Waals surface area contributed by atoms with Gasteiger partial charge in [0.15, 0.2) is 0 Å². The van der Waals surface area contributed by atoms with Gasteiger partial charge in [0.1, 0.15) is 5.60 Å². The average molecular weight is 267 g/mol. The topological polar surface area (TPSA) is 19.0 Å². The summed E-state index contributed by atoms with van der Waals surface area (Å²) in [6.07, 6.45) is 0. The van der Waals surface area contributed by atoms with Gasteiger partial charge >= 0.3 is 0 Å². The second kappa shape index (κ2) is 4.04. The third-order valence-electron chi connectivity index (χ3n) is 3.70. The van der Waals surface area contributed by atoms with Crippen molar-refractivity contribution in [3.8, 4) is 0 Å². The maximum Gasteiger partial charge on any atom is 0.106 e. The highest BCUT2D eigenvalue weighted by molar-refractivity contribution is 6.31.